The summed E-state index contributed by atoms with van der Waals surface area (Å²) in [6.45, 7) is 6.00. The Bertz CT molecular complexity index is 316. The van der Waals surface area contributed by atoms with Crippen LogP contribution in [0, 0.1) is 26.8 Å². The van der Waals surface area contributed by atoms with Crippen molar-refractivity contribution in [2.24, 2.45) is 0 Å². The molecule has 0 aromatic heterocycles. The van der Waals surface area contributed by atoms with Gasteiger partial charge in [0.25, 0.3) is 0 Å². The second-order valence-electron chi connectivity index (χ2n) is 3.07. The van der Waals surface area contributed by atoms with Crippen LogP contribution in [0.2, 0.25) is 0 Å². The molecule has 0 bridgehead atoms. The number of hydrogen-bond donors (Lipinski definition) is 0. The summed E-state index contributed by atoms with van der Waals surface area (Å²) in [4.78, 5) is 0. The van der Waals surface area contributed by atoms with Crippen molar-refractivity contribution in [3.05, 3.63) is 22.8 Å². The number of ether oxygens (including phenoxy) is 2. The molecule has 0 aliphatic carbocycles. The van der Waals surface area contributed by atoms with E-state index in [0.29, 0.717) is 0 Å². The summed E-state index contributed by atoms with van der Waals surface area (Å²) in [6, 6.07) is 3.14. The molecule has 1 aromatic carbocycles. The van der Waals surface area contributed by atoms with Crippen LogP contribution in [0.1, 0.15) is 16.7 Å². The molecular formula is C11H15O2. The van der Waals surface area contributed by atoms with Crippen LogP contribution in [-0.4, -0.2) is 14.2 Å². The van der Waals surface area contributed by atoms with Crippen molar-refractivity contribution in [1.82, 2.24) is 0 Å². The smallest absolute Gasteiger partial charge is 0.130 e. The van der Waals surface area contributed by atoms with Crippen LogP contribution in [0.5, 0.6) is 11.5 Å². The van der Waals surface area contributed by atoms with Gasteiger partial charge in [-0.05, 0) is 31.9 Å². The van der Waals surface area contributed by atoms with Crippen LogP contribution in [-0.2, 0) is 0 Å². The molecule has 0 aliphatic rings. The molecule has 0 fully saturated rings. The Morgan fingerprint density at radius 1 is 0.923 bits per heavy atom. The highest BCUT2D eigenvalue weighted by atomic mass is 16.5. The minimum atomic E-state index is 0.802. The summed E-state index contributed by atoms with van der Waals surface area (Å²) in [6.07, 6.45) is 0. The third-order valence-electron chi connectivity index (χ3n) is 2.29. The molecule has 0 saturated carbocycles. The van der Waals surface area contributed by atoms with Gasteiger partial charge in [0.15, 0.2) is 0 Å². The van der Waals surface area contributed by atoms with E-state index in [4.69, 9.17) is 9.47 Å². The second-order valence-corrected chi connectivity index (χ2v) is 3.07. The Morgan fingerprint density at radius 3 is 2.00 bits per heavy atom. The van der Waals surface area contributed by atoms with Gasteiger partial charge < -0.3 is 9.47 Å². The zero-order valence-electron chi connectivity index (χ0n) is 8.82. The number of rotatable bonds is 2. The fraction of sp³-hybridized carbons (Fsp3) is 0.455. The van der Waals surface area contributed by atoms with Gasteiger partial charge in [-0.15, -0.1) is 0 Å². The van der Waals surface area contributed by atoms with Gasteiger partial charge in [0.2, 0.25) is 0 Å². The van der Waals surface area contributed by atoms with E-state index < -0.39 is 0 Å². The minimum absolute atomic E-state index is 0.802. The molecule has 2 nitrogen and oxygen atoms in total. The summed E-state index contributed by atoms with van der Waals surface area (Å²) >= 11 is 0. The molecular weight excluding hydrogens is 164 g/mol. The Morgan fingerprint density at radius 2 is 1.54 bits per heavy atom. The highest BCUT2D eigenvalue weighted by Crippen LogP contribution is 2.31. The first-order valence-corrected chi connectivity index (χ1v) is 4.22. The molecule has 2 heteroatoms. The second kappa shape index (κ2) is 3.69. The summed E-state index contributed by atoms with van der Waals surface area (Å²) in [5.74, 6) is 1.70. The number of aryl methyl sites for hydroxylation is 1. The third kappa shape index (κ3) is 1.62. The molecule has 0 amide bonds. The SMILES string of the molecule is COc1[c]c(C)c(OC)c(C)c1C. The number of methoxy groups -OCH3 is 2. The van der Waals surface area contributed by atoms with E-state index in [1.54, 1.807) is 14.2 Å². The molecule has 0 aliphatic heterocycles. The van der Waals surface area contributed by atoms with E-state index >= 15 is 0 Å². The van der Waals surface area contributed by atoms with Crippen LogP contribution in [0.4, 0.5) is 0 Å². The maximum absolute atomic E-state index is 5.27. The molecule has 0 spiro atoms. The highest BCUT2D eigenvalue weighted by molar-refractivity contribution is 5.51. The van der Waals surface area contributed by atoms with Crippen LogP contribution in [0.25, 0.3) is 0 Å². The number of benzene rings is 1. The zero-order valence-corrected chi connectivity index (χ0v) is 8.82. The quantitative estimate of drug-likeness (QED) is 0.694. The molecule has 0 N–H and O–H groups in total. The summed E-state index contributed by atoms with van der Waals surface area (Å²) in [5.41, 5.74) is 3.20. The van der Waals surface area contributed by atoms with E-state index in [9.17, 15) is 0 Å². The van der Waals surface area contributed by atoms with Crippen molar-refractivity contribution < 1.29 is 9.47 Å². The van der Waals surface area contributed by atoms with Crippen molar-refractivity contribution in [2.75, 3.05) is 14.2 Å². The predicted molar refractivity (Wildman–Crippen MR) is 52.6 cm³/mol. The zero-order chi connectivity index (χ0) is 10.0. The Balaban J connectivity index is 3.37. The van der Waals surface area contributed by atoms with Gasteiger partial charge in [0, 0.05) is 11.6 Å². The lowest BCUT2D eigenvalue weighted by Crippen LogP contribution is -1.97. The topological polar surface area (TPSA) is 18.5 Å². The Kier molecular flexibility index (Phi) is 2.81. The highest BCUT2D eigenvalue weighted by Gasteiger charge is 2.10. The van der Waals surface area contributed by atoms with Gasteiger partial charge in [-0.2, -0.15) is 0 Å². The summed E-state index contributed by atoms with van der Waals surface area (Å²) in [7, 11) is 3.33. The van der Waals surface area contributed by atoms with Gasteiger partial charge in [-0.25, -0.2) is 0 Å². The van der Waals surface area contributed by atoms with Crippen LogP contribution in [0.3, 0.4) is 0 Å². The van der Waals surface area contributed by atoms with E-state index in [2.05, 4.69) is 6.07 Å². The third-order valence-corrected chi connectivity index (χ3v) is 2.29. The lowest BCUT2D eigenvalue weighted by atomic mass is 10.0. The molecule has 1 rings (SSSR count). The molecule has 0 unspecified atom stereocenters. The first kappa shape index (κ1) is 9.90. The van der Waals surface area contributed by atoms with Crippen LogP contribution in [0.15, 0.2) is 0 Å². The van der Waals surface area contributed by atoms with Crippen LogP contribution >= 0.6 is 0 Å². The summed E-state index contributed by atoms with van der Waals surface area (Å²) in [5, 5.41) is 0. The Labute approximate surface area is 79.5 Å². The first-order valence-electron chi connectivity index (χ1n) is 4.22. The molecule has 0 heterocycles. The monoisotopic (exact) mass is 179 g/mol. The van der Waals surface area contributed by atoms with E-state index in [0.717, 1.165) is 28.2 Å². The average molecular weight is 179 g/mol. The maximum atomic E-state index is 5.27. The van der Waals surface area contributed by atoms with Gasteiger partial charge in [0.1, 0.15) is 11.5 Å². The molecule has 0 atom stereocenters. The van der Waals surface area contributed by atoms with Crippen molar-refractivity contribution in [1.29, 1.82) is 0 Å². The van der Waals surface area contributed by atoms with E-state index in [1.807, 2.05) is 20.8 Å². The molecule has 71 valence electrons. The standard InChI is InChI=1S/C11H15O2/c1-7-6-10(12-4)8(2)9(3)11(7)13-5/h1-5H3. The van der Waals surface area contributed by atoms with Crippen molar-refractivity contribution in [3.63, 3.8) is 0 Å². The van der Waals surface area contributed by atoms with Gasteiger partial charge in [-0.1, -0.05) is 0 Å². The van der Waals surface area contributed by atoms with Crippen molar-refractivity contribution >= 4 is 0 Å². The molecule has 1 aromatic rings. The van der Waals surface area contributed by atoms with Gasteiger partial charge in [-0.3, -0.25) is 0 Å². The fourth-order valence-electron chi connectivity index (χ4n) is 1.45. The maximum Gasteiger partial charge on any atom is 0.130 e. The predicted octanol–water partition coefficient (Wildman–Crippen LogP) is 2.43. The minimum Gasteiger partial charge on any atom is -0.496 e. The van der Waals surface area contributed by atoms with Crippen LogP contribution < -0.4 is 9.47 Å². The number of hydrogen-bond acceptors (Lipinski definition) is 2. The first-order chi connectivity index (χ1) is 6.11. The normalized spacial score (nSPS) is 9.92. The van der Waals surface area contributed by atoms with Gasteiger partial charge >= 0.3 is 0 Å². The lowest BCUT2D eigenvalue weighted by molar-refractivity contribution is 0.394. The van der Waals surface area contributed by atoms with E-state index in [-0.39, 0.29) is 0 Å². The lowest BCUT2D eigenvalue weighted by Gasteiger charge is -2.13. The van der Waals surface area contributed by atoms with Crippen molar-refractivity contribution in [2.45, 2.75) is 20.8 Å². The molecule has 1 radical (unpaired) electrons. The molecule has 13 heavy (non-hydrogen) atoms. The fourth-order valence-corrected chi connectivity index (χ4v) is 1.45. The van der Waals surface area contributed by atoms with E-state index in [1.165, 1.54) is 0 Å². The Hall–Kier alpha value is -1.18. The largest absolute Gasteiger partial charge is 0.496 e. The summed E-state index contributed by atoms with van der Waals surface area (Å²) < 4.78 is 10.5. The average Bonchev–Trinajstić information content (AvgIpc) is 2.12. The molecule has 0 saturated heterocycles. The van der Waals surface area contributed by atoms with Crippen molar-refractivity contribution in [3.8, 4) is 11.5 Å². The van der Waals surface area contributed by atoms with Gasteiger partial charge in [0.05, 0.1) is 14.2 Å².